The van der Waals surface area contributed by atoms with Gasteiger partial charge >= 0.3 is 0 Å². The molecular weight excluding hydrogens is 314 g/mol. The lowest BCUT2D eigenvalue weighted by molar-refractivity contribution is -0.133. The number of aryl methyl sites for hydroxylation is 1. The number of imidazole rings is 1. The van der Waals surface area contributed by atoms with Crippen molar-refractivity contribution in [2.45, 2.75) is 71.4 Å². The third-order valence-corrected chi connectivity index (χ3v) is 5.14. The van der Waals surface area contributed by atoms with Crippen LogP contribution in [0.3, 0.4) is 0 Å². The van der Waals surface area contributed by atoms with Gasteiger partial charge in [0.05, 0.1) is 12.2 Å². The molecule has 6 heteroatoms. The van der Waals surface area contributed by atoms with E-state index in [-0.39, 0.29) is 17.9 Å². The fourth-order valence-corrected chi connectivity index (χ4v) is 3.70. The van der Waals surface area contributed by atoms with Gasteiger partial charge in [-0.05, 0) is 38.2 Å². The van der Waals surface area contributed by atoms with Crippen LogP contribution < -0.4 is 0 Å². The number of aromatic nitrogens is 4. The van der Waals surface area contributed by atoms with Crippen LogP contribution in [-0.2, 0) is 24.2 Å². The first-order valence-corrected chi connectivity index (χ1v) is 9.31. The maximum absolute atomic E-state index is 12.9. The summed E-state index contributed by atoms with van der Waals surface area (Å²) >= 11 is 0. The molecule has 2 aromatic heterocycles. The first-order chi connectivity index (χ1) is 12.0. The Labute approximate surface area is 149 Å². The lowest BCUT2D eigenvalue weighted by Crippen LogP contribution is -2.33. The van der Waals surface area contributed by atoms with Crippen molar-refractivity contribution in [3.8, 4) is 0 Å². The van der Waals surface area contributed by atoms with Crippen molar-refractivity contribution in [3.05, 3.63) is 35.2 Å². The Balaban J connectivity index is 1.73. The number of nitrogens with zero attached hydrogens (tertiary/aromatic N) is 4. The molecule has 1 aliphatic carbocycles. The number of aromatic amines is 1. The molecule has 2 heterocycles. The van der Waals surface area contributed by atoms with E-state index in [1.807, 2.05) is 24.7 Å². The van der Waals surface area contributed by atoms with Crippen LogP contribution in [0.5, 0.6) is 0 Å². The highest BCUT2D eigenvalue weighted by molar-refractivity contribution is 5.79. The van der Waals surface area contributed by atoms with Gasteiger partial charge in [0.1, 0.15) is 11.9 Å². The van der Waals surface area contributed by atoms with E-state index in [2.05, 4.69) is 29.0 Å². The monoisotopic (exact) mass is 343 g/mol. The minimum atomic E-state index is -0.262. The van der Waals surface area contributed by atoms with Gasteiger partial charge in [0, 0.05) is 31.1 Å². The Bertz CT molecular complexity index is 730. The quantitative estimate of drug-likeness (QED) is 0.848. The zero-order valence-corrected chi connectivity index (χ0v) is 15.7. The van der Waals surface area contributed by atoms with Crippen molar-refractivity contribution in [1.29, 1.82) is 0 Å². The number of H-pyrrole nitrogens is 1. The van der Waals surface area contributed by atoms with Crippen LogP contribution >= 0.6 is 0 Å². The number of amides is 1. The molecule has 25 heavy (non-hydrogen) atoms. The van der Waals surface area contributed by atoms with E-state index in [9.17, 15) is 4.79 Å². The van der Waals surface area contributed by atoms with E-state index in [0.717, 1.165) is 24.4 Å². The zero-order valence-electron chi connectivity index (χ0n) is 15.7. The van der Waals surface area contributed by atoms with Crippen LogP contribution in [0.1, 0.15) is 74.8 Å². The minimum Gasteiger partial charge on any atom is -0.338 e. The van der Waals surface area contributed by atoms with Gasteiger partial charge in [0.25, 0.3) is 0 Å². The molecule has 0 bridgehead atoms. The molecule has 1 aliphatic rings. The van der Waals surface area contributed by atoms with Gasteiger partial charge in [-0.2, -0.15) is 5.10 Å². The molecule has 0 saturated carbocycles. The SMILES string of the molecule is CC(C)c1nccn1C(C)C(=O)N(C)Cc1n[nH]c2c1CCCCC2. The van der Waals surface area contributed by atoms with Crippen molar-refractivity contribution in [2.24, 2.45) is 0 Å². The summed E-state index contributed by atoms with van der Waals surface area (Å²) < 4.78 is 1.98. The Morgan fingerprint density at radius 2 is 2.04 bits per heavy atom. The standard InChI is InChI=1S/C19H29N5O/c1-13(2)18-20-10-11-24(18)14(3)19(25)23(4)12-17-15-8-6-5-7-9-16(15)21-22-17/h10-11,13-14H,5-9,12H2,1-4H3,(H,21,22). The number of nitrogens with one attached hydrogen (secondary N) is 1. The van der Waals surface area contributed by atoms with E-state index in [4.69, 9.17) is 0 Å². The maximum Gasteiger partial charge on any atom is 0.245 e. The summed E-state index contributed by atoms with van der Waals surface area (Å²) in [5.74, 6) is 1.32. The molecule has 1 N–H and O–H groups in total. The second-order valence-corrected chi connectivity index (χ2v) is 7.41. The maximum atomic E-state index is 12.9. The molecule has 0 spiro atoms. The molecule has 1 unspecified atom stereocenters. The lowest BCUT2D eigenvalue weighted by atomic mass is 10.1. The van der Waals surface area contributed by atoms with Crippen LogP contribution in [0.4, 0.5) is 0 Å². The normalized spacial score (nSPS) is 15.7. The van der Waals surface area contributed by atoms with Crippen LogP contribution in [0.2, 0.25) is 0 Å². The zero-order chi connectivity index (χ0) is 18.0. The topological polar surface area (TPSA) is 66.8 Å². The van der Waals surface area contributed by atoms with Gasteiger partial charge in [-0.25, -0.2) is 4.98 Å². The fourth-order valence-electron chi connectivity index (χ4n) is 3.70. The van der Waals surface area contributed by atoms with Crippen molar-refractivity contribution in [1.82, 2.24) is 24.6 Å². The van der Waals surface area contributed by atoms with Crippen LogP contribution in [-0.4, -0.2) is 37.6 Å². The van der Waals surface area contributed by atoms with Gasteiger partial charge < -0.3 is 9.47 Å². The molecule has 2 aromatic rings. The van der Waals surface area contributed by atoms with Gasteiger partial charge in [-0.1, -0.05) is 20.3 Å². The van der Waals surface area contributed by atoms with E-state index < -0.39 is 0 Å². The second-order valence-electron chi connectivity index (χ2n) is 7.41. The summed E-state index contributed by atoms with van der Waals surface area (Å²) in [4.78, 5) is 19.1. The molecule has 0 aromatic carbocycles. The van der Waals surface area contributed by atoms with E-state index in [0.29, 0.717) is 6.54 Å². The Morgan fingerprint density at radius 1 is 1.28 bits per heavy atom. The number of likely N-dealkylation sites (N-methyl/N-ethyl adjacent to an activating group) is 1. The van der Waals surface area contributed by atoms with Crippen molar-refractivity contribution in [3.63, 3.8) is 0 Å². The Kier molecular flexibility index (Phi) is 5.25. The molecule has 0 fully saturated rings. The highest BCUT2D eigenvalue weighted by atomic mass is 16.2. The summed E-state index contributed by atoms with van der Waals surface area (Å²) in [6.07, 6.45) is 9.51. The van der Waals surface area contributed by atoms with E-state index in [1.54, 1.807) is 11.1 Å². The molecule has 136 valence electrons. The number of fused-ring (bicyclic) bond motifs is 1. The smallest absolute Gasteiger partial charge is 0.245 e. The summed E-state index contributed by atoms with van der Waals surface area (Å²) in [5.41, 5.74) is 3.61. The highest BCUT2D eigenvalue weighted by Crippen LogP contribution is 2.24. The van der Waals surface area contributed by atoms with E-state index in [1.165, 1.54) is 30.5 Å². The lowest BCUT2D eigenvalue weighted by Gasteiger charge is -2.24. The van der Waals surface area contributed by atoms with Gasteiger partial charge in [-0.3, -0.25) is 9.89 Å². The molecule has 0 radical (unpaired) electrons. The summed E-state index contributed by atoms with van der Waals surface area (Å²) in [6, 6.07) is -0.262. The van der Waals surface area contributed by atoms with Crippen LogP contribution in [0.25, 0.3) is 0 Å². The molecule has 0 aliphatic heterocycles. The average Bonchev–Trinajstić information content (AvgIpc) is 3.15. The summed E-state index contributed by atoms with van der Waals surface area (Å²) in [5, 5.41) is 7.68. The first-order valence-electron chi connectivity index (χ1n) is 9.31. The molecule has 6 nitrogen and oxygen atoms in total. The second kappa shape index (κ2) is 7.42. The van der Waals surface area contributed by atoms with E-state index >= 15 is 0 Å². The minimum absolute atomic E-state index is 0.0882. The summed E-state index contributed by atoms with van der Waals surface area (Å²) in [7, 11) is 1.86. The predicted octanol–water partition coefficient (Wildman–Crippen LogP) is 3.22. The Morgan fingerprint density at radius 3 is 2.80 bits per heavy atom. The first kappa shape index (κ1) is 17.7. The molecule has 0 saturated heterocycles. The molecule has 1 atom stereocenters. The Hall–Kier alpha value is -2.11. The van der Waals surface area contributed by atoms with Crippen molar-refractivity contribution < 1.29 is 4.79 Å². The van der Waals surface area contributed by atoms with Gasteiger partial charge in [0.15, 0.2) is 0 Å². The fraction of sp³-hybridized carbons (Fsp3) is 0.632. The largest absolute Gasteiger partial charge is 0.338 e. The van der Waals surface area contributed by atoms with Crippen molar-refractivity contribution >= 4 is 5.91 Å². The molecule has 1 amide bonds. The van der Waals surface area contributed by atoms with Crippen LogP contribution in [0, 0.1) is 0 Å². The van der Waals surface area contributed by atoms with Gasteiger partial charge in [-0.15, -0.1) is 0 Å². The number of carbonyl (C=O) groups is 1. The number of hydrogen-bond acceptors (Lipinski definition) is 3. The third kappa shape index (κ3) is 3.62. The average molecular weight is 343 g/mol. The molecule has 3 rings (SSSR count). The van der Waals surface area contributed by atoms with Crippen LogP contribution in [0.15, 0.2) is 12.4 Å². The highest BCUT2D eigenvalue weighted by Gasteiger charge is 2.24. The number of hydrogen-bond donors (Lipinski definition) is 1. The number of carbonyl (C=O) groups excluding carboxylic acids is 1. The predicted molar refractivity (Wildman–Crippen MR) is 97.3 cm³/mol. The summed E-state index contributed by atoms with van der Waals surface area (Å²) in [6.45, 7) is 6.69. The van der Waals surface area contributed by atoms with Crippen molar-refractivity contribution in [2.75, 3.05) is 7.05 Å². The number of rotatable bonds is 5. The van der Waals surface area contributed by atoms with Gasteiger partial charge in [0.2, 0.25) is 5.91 Å². The molecular formula is C19H29N5O. The third-order valence-electron chi connectivity index (χ3n) is 5.14.